The Morgan fingerprint density at radius 1 is 1.00 bits per heavy atom. The number of anilines is 1. The number of nitrogens with zero attached hydrogens (tertiary/aromatic N) is 4. The normalized spacial score (nSPS) is 10.7. The smallest absolute Gasteiger partial charge is 0.319 e. The lowest BCUT2D eigenvalue weighted by atomic mass is 10.1. The number of carbonyl (C=O) groups excluding carboxylic acids is 1. The van der Waals surface area contributed by atoms with Crippen LogP contribution in [0.1, 0.15) is 6.92 Å². The number of imidazole rings is 1. The molecule has 3 aromatic heterocycles. The summed E-state index contributed by atoms with van der Waals surface area (Å²) in [5.74, 6) is 0.683. The number of aromatic amines is 1. The number of primary amides is 1. The summed E-state index contributed by atoms with van der Waals surface area (Å²) >= 11 is 0. The van der Waals surface area contributed by atoms with Gasteiger partial charge in [0.1, 0.15) is 5.69 Å². The fourth-order valence-electron chi connectivity index (χ4n) is 3.15. The molecule has 0 fully saturated rings. The molecule has 4 aromatic rings. The quantitative estimate of drug-likeness (QED) is 0.541. The molecule has 0 aliphatic rings. The van der Waals surface area contributed by atoms with Crippen molar-refractivity contribution in [3.05, 3.63) is 73.3 Å². The van der Waals surface area contributed by atoms with Gasteiger partial charge >= 0.3 is 6.03 Å². The largest absolute Gasteiger partial charge is 0.351 e. The van der Waals surface area contributed by atoms with Crippen molar-refractivity contribution in [2.75, 3.05) is 11.4 Å². The summed E-state index contributed by atoms with van der Waals surface area (Å²) in [5.41, 5.74) is 10.6. The average molecular weight is 384 g/mol. The molecule has 0 unspecified atom stereocenters. The van der Waals surface area contributed by atoms with Crippen LogP contribution in [0.4, 0.5) is 10.5 Å². The molecule has 7 nitrogen and oxygen atoms in total. The van der Waals surface area contributed by atoms with E-state index in [-0.39, 0.29) is 0 Å². The van der Waals surface area contributed by atoms with E-state index < -0.39 is 6.03 Å². The summed E-state index contributed by atoms with van der Waals surface area (Å²) in [5, 5.41) is 0. The van der Waals surface area contributed by atoms with Gasteiger partial charge in [-0.1, -0.05) is 30.3 Å². The van der Waals surface area contributed by atoms with E-state index in [1.807, 2.05) is 55.5 Å². The highest BCUT2D eigenvalue weighted by molar-refractivity contribution is 5.91. The zero-order chi connectivity index (χ0) is 20.2. The molecule has 144 valence electrons. The van der Waals surface area contributed by atoms with E-state index in [0.717, 1.165) is 28.1 Å². The first-order chi connectivity index (χ1) is 14.2. The first-order valence-electron chi connectivity index (χ1n) is 9.25. The Labute approximate surface area is 168 Å². The number of nitrogens with one attached hydrogen (secondary N) is 1. The van der Waals surface area contributed by atoms with Crippen LogP contribution < -0.4 is 10.6 Å². The molecule has 0 aliphatic carbocycles. The molecule has 0 bridgehead atoms. The van der Waals surface area contributed by atoms with E-state index >= 15 is 0 Å². The number of H-pyrrole nitrogens is 1. The summed E-state index contributed by atoms with van der Waals surface area (Å²) in [6, 6.07) is 15.2. The van der Waals surface area contributed by atoms with Crippen LogP contribution in [0.3, 0.4) is 0 Å². The molecule has 1 aromatic carbocycles. The number of pyridine rings is 2. The number of rotatable bonds is 5. The maximum absolute atomic E-state index is 11.6. The van der Waals surface area contributed by atoms with Crippen molar-refractivity contribution in [3.63, 3.8) is 0 Å². The Hall–Kier alpha value is -4.00. The molecular formula is C22H20N6O. The van der Waals surface area contributed by atoms with Crippen LogP contribution in [0.5, 0.6) is 0 Å². The van der Waals surface area contributed by atoms with Crippen molar-refractivity contribution in [2.45, 2.75) is 6.92 Å². The third kappa shape index (κ3) is 3.84. The van der Waals surface area contributed by atoms with Crippen molar-refractivity contribution in [3.8, 4) is 33.9 Å². The van der Waals surface area contributed by atoms with E-state index in [2.05, 4.69) is 19.9 Å². The number of aromatic nitrogens is 4. The van der Waals surface area contributed by atoms with Gasteiger partial charge in [0.05, 0.1) is 23.8 Å². The van der Waals surface area contributed by atoms with E-state index in [1.54, 1.807) is 24.8 Å². The van der Waals surface area contributed by atoms with Crippen molar-refractivity contribution >= 4 is 11.7 Å². The number of amides is 2. The van der Waals surface area contributed by atoms with Gasteiger partial charge in [-0.2, -0.15) is 0 Å². The summed E-state index contributed by atoms with van der Waals surface area (Å²) in [6.45, 7) is 2.33. The third-order valence-corrected chi connectivity index (χ3v) is 4.61. The van der Waals surface area contributed by atoms with E-state index in [0.29, 0.717) is 18.1 Å². The Morgan fingerprint density at radius 2 is 1.83 bits per heavy atom. The average Bonchev–Trinajstić information content (AvgIpc) is 3.25. The van der Waals surface area contributed by atoms with Crippen LogP contribution in [-0.2, 0) is 0 Å². The summed E-state index contributed by atoms with van der Waals surface area (Å²) in [6.07, 6.45) is 6.90. The Morgan fingerprint density at radius 3 is 2.59 bits per heavy atom. The molecule has 3 heterocycles. The molecule has 0 saturated heterocycles. The molecule has 0 saturated carbocycles. The molecule has 3 N–H and O–H groups in total. The highest BCUT2D eigenvalue weighted by atomic mass is 16.2. The van der Waals surface area contributed by atoms with Crippen LogP contribution in [0.15, 0.2) is 73.3 Å². The van der Waals surface area contributed by atoms with Crippen LogP contribution >= 0.6 is 0 Å². The van der Waals surface area contributed by atoms with Gasteiger partial charge in [-0.05, 0) is 36.2 Å². The lowest BCUT2D eigenvalue weighted by molar-refractivity contribution is 0.254. The van der Waals surface area contributed by atoms with Crippen LogP contribution in [0.2, 0.25) is 0 Å². The summed E-state index contributed by atoms with van der Waals surface area (Å²) < 4.78 is 0. The van der Waals surface area contributed by atoms with Crippen molar-refractivity contribution in [1.82, 2.24) is 19.9 Å². The number of urea groups is 1. The van der Waals surface area contributed by atoms with Crippen molar-refractivity contribution in [2.24, 2.45) is 5.73 Å². The van der Waals surface area contributed by atoms with Gasteiger partial charge < -0.3 is 10.7 Å². The Balaban J connectivity index is 1.67. The first kappa shape index (κ1) is 18.4. The predicted octanol–water partition coefficient (Wildman–Crippen LogP) is 4.11. The van der Waals surface area contributed by atoms with Crippen molar-refractivity contribution in [1.29, 1.82) is 0 Å². The van der Waals surface area contributed by atoms with Gasteiger partial charge in [0.15, 0.2) is 5.82 Å². The van der Waals surface area contributed by atoms with Gasteiger partial charge in [0.2, 0.25) is 0 Å². The zero-order valence-electron chi connectivity index (χ0n) is 15.9. The number of nitrogens with two attached hydrogens (primary N) is 1. The highest BCUT2D eigenvalue weighted by Crippen LogP contribution is 2.27. The molecule has 0 radical (unpaired) electrons. The lowest BCUT2D eigenvalue weighted by Gasteiger charge is -2.18. The van der Waals surface area contributed by atoms with Crippen LogP contribution in [-0.4, -0.2) is 32.5 Å². The van der Waals surface area contributed by atoms with Gasteiger partial charge in [-0.3, -0.25) is 14.9 Å². The highest BCUT2D eigenvalue weighted by Gasteiger charge is 2.13. The number of carbonyl (C=O) groups is 1. The van der Waals surface area contributed by atoms with Gasteiger partial charge in [-0.15, -0.1) is 0 Å². The molecule has 4 rings (SSSR count). The van der Waals surface area contributed by atoms with Gasteiger partial charge in [0, 0.05) is 24.5 Å². The number of hydrogen-bond donors (Lipinski definition) is 2. The Bertz CT molecular complexity index is 1140. The van der Waals surface area contributed by atoms with Crippen LogP contribution in [0.25, 0.3) is 33.9 Å². The first-order valence-corrected chi connectivity index (χ1v) is 9.25. The van der Waals surface area contributed by atoms with Crippen molar-refractivity contribution < 1.29 is 4.79 Å². The molecule has 0 atom stereocenters. The predicted molar refractivity (Wildman–Crippen MR) is 113 cm³/mol. The topological polar surface area (TPSA) is 101 Å². The van der Waals surface area contributed by atoms with Gasteiger partial charge in [0.25, 0.3) is 0 Å². The fraction of sp³-hybridized carbons (Fsp3) is 0.0909. The molecule has 2 amide bonds. The summed E-state index contributed by atoms with van der Waals surface area (Å²) in [7, 11) is 0. The SMILES string of the molecule is CCN(C(N)=O)c1cncc(-c2ccnc(-c3ncc(-c4ccccc4)[nH]3)c2)c1. The maximum atomic E-state index is 11.6. The second-order valence-electron chi connectivity index (χ2n) is 6.46. The standard InChI is InChI=1S/C22H20N6O/c1-2-28(22(23)29)18-10-17(12-24-13-18)16-8-9-25-19(11-16)21-26-14-20(27-21)15-6-4-3-5-7-15/h3-14H,2H2,1H3,(H2,23,29)(H,26,27). The molecule has 0 spiro atoms. The third-order valence-electron chi connectivity index (χ3n) is 4.61. The fourth-order valence-corrected chi connectivity index (χ4v) is 3.15. The van der Waals surface area contributed by atoms with E-state index in [9.17, 15) is 4.79 Å². The van der Waals surface area contributed by atoms with Gasteiger partial charge in [-0.25, -0.2) is 9.78 Å². The summed E-state index contributed by atoms with van der Waals surface area (Å²) in [4.78, 5) is 29.6. The molecule has 29 heavy (non-hydrogen) atoms. The lowest BCUT2D eigenvalue weighted by Crippen LogP contribution is -2.35. The van der Waals surface area contributed by atoms with Crippen LogP contribution in [0, 0.1) is 0 Å². The minimum atomic E-state index is -0.508. The Kier molecular flexibility index (Phi) is 5.03. The molecular weight excluding hydrogens is 364 g/mol. The number of benzene rings is 1. The molecule has 0 aliphatic heterocycles. The maximum Gasteiger partial charge on any atom is 0.319 e. The monoisotopic (exact) mass is 384 g/mol. The second-order valence-corrected chi connectivity index (χ2v) is 6.46. The molecule has 7 heteroatoms. The minimum Gasteiger partial charge on any atom is -0.351 e. The van der Waals surface area contributed by atoms with E-state index in [4.69, 9.17) is 5.73 Å². The minimum absolute atomic E-state index is 0.469. The number of hydrogen-bond acceptors (Lipinski definition) is 4. The zero-order valence-corrected chi connectivity index (χ0v) is 15.9. The second kappa shape index (κ2) is 7.93. The van der Waals surface area contributed by atoms with E-state index in [1.165, 1.54) is 4.90 Å².